The molecule has 2 aliphatic heterocycles. The molecule has 1 amide bonds. The van der Waals surface area contributed by atoms with E-state index < -0.39 is 42.0 Å². The molecule has 3 aliphatic rings. The van der Waals surface area contributed by atoms with E-state index in [4.69, 9.17) is 30.5 Å². The average molecular weight is 509 g/mol. The van der Waals surface area contributed by atoms with Crippen molar-refractivity contribution in [1.29, 1.82) is 0 Å². The zero-order valence-electron chi connectivity index (χ0n) is 20.7. The third-order valence-electron chi connectivity index (χ3n) is 6.60. The van der Waals surface area contributed by atoms with Crippen LogP contribution in [0.15, 0.2) is 12.3 Å². The summed E-state index contributed by atoms with van der Waals surface area (Å²) in [5, 5.41) is 15.3. The molecule has 0 unspecified atom stereocenters. The van der Waals surface area contributed by atoms with Gasteiger partial charge in [0.1, 0.15) is 29.1 Å². The highest BCUT2D eigenvalue weighted by molar-refractivity contribution is 6.30. The summed E-state index contributed by atoms with van der Waals surface area (Å²) in [7, 11) is 0. The number of aromatic nitrogens is 3. The van der Waals surface area contributed by atoms with Crippen molar-refractivity contribution in [2.24, 2.45) is 0 Å². The minimum absolute atomic E-state index is 0.00638. The molecule has 35 heavy (non-hydrogen) atoms. The van der Waals surface area contributed by atoms with Crippen LogP contribution in [0.4, 0.5) is 10.5 Å². The highest BCUT2D eigenvalue weighted by atomic mass is 35.5. The van der Waals surface area contributed by atoms with Crippen LogP contribution in [-0.4, -0.2) is 68.3 Å². The van der Waals surface area contributed by atoms with Crippen LogP contribution in [0.2, 0.25) is 5.15 Å². The number of aliphatic hydroxyl groups is 1. The maximum atomic E-state index is 13.4. The second kappa shape index (κ2) is 8.85. The van der Waals surface area contributed by atoms with Gasteiger partial charge in [0.25, 0.3) is 0 Å². The second-order valence-electron chi connectivity index (χ2n) is 10.9. The molecule has 4 heterocycles. The van der Waals surface area contributed by atoms with Crippen LogP contribution in [0.25, 0.3) is 11.0 Å². The maximum absolute atomic E-state index is 13.4. The van der Waals surface area contributed by atoms with Gasteiger partial charge < -0.3 is 24.1 Å². The van der Waals surface area contributed by atoms with Gasteiger partial charge in [-0.25, -0.2) is 14.5 Å². The number of carbonyl (C=O) groups is 1. The van der Waals surface area contributed by atoms with Gasteiger partial charge in [0, 0.05) is 12.1 Å². The van der Waals surface area contributed by atoms with Crippen LogP contribution in [0.1, 0.15) is 66.5 Å². The van der Waals surface area contributed by atoms with Crippen molar-refractivity contribution in [3.63, 3.8) is 0 Å². The fraction of sp³-hybridized carbons (Fsp3) is 0.708. The van der Waals surface area contributed by atoms with Gasteiger partial charge in [-0.1, -0.05) is 24.4 Å². The van der Waals surface area contributed by atoms with Crippen molar-refractivity contribution in [2.45, 2.75) is 102 Å². The Morgan fingerprint density at radius 2 is 1.97 bits per heavy atom. The van der Waals surface area contributed by atoms with Gasteiger partial charge in [0.2, 0.25) is 0 Å². The van der Waals surface area contributed by atoms with Crippen LogP contribution in [0, 0.1) is 0 Å². The SMILES string of the molecule is CC(C)(C)OC(=O)N(c1cc(Cl)nc2c1cnn2[C@@H]1O[C@H](CO)[C@H]2OC(C)(C)O[C@H]21)C1CCCC1. The van der Waals surface area contributed by atoms with Crippen LogP contribution >= 0.6 is 11.6 Å². The highest BCUT2D eigenvalue weighted by Crippen LogP contribution is 2.44. The number of fused-ring (bicyclic) bond motifs is 2. The standard InChI is InChI=1S/C24H33ClN4O6/c1-23(2,3)35-22(31)28(13-8-6-7-9-13)15-10-17(25)27-20-14(15)11-26-29(20)21-19-18(16(12-30)32-21)33-24(4,5)34-19/h10-11,13,16,18-19,21,30H,6-9,12H2,1-5H3/t16-,18-,19-,21-/m1/s1. The Balaban J connectivity index is 1.57. The summed E-state index contributed by atoms with van der Waals surface area (Å²) in [4.78, 5) is 19.6. The molecule has 1 saturated carbocycles. The quantitative estimate of drug-likeness (QED) is 0.613. The molecule has 0 aromatic carbocycles. The largest absolute Gasteiger partial charge is 0.443 e. The summed E-state index contributed by atoms with van der Waals surface area (Å²) in [6.45, 7) is 8.98. The third kappa shape index (κ3) is 4.62. The van der Waals surface area contributed by atoms with E-state index in [1.807, 2.05) is 34.6 Å². The molecular weight excluding hydrogens is 476 g/mol. The fourth-order valence-corrected chi connectivity index (χ4v) is 5.46. The van der Waals surface area contributed by atoms with E-state index in [-0.39, 0.29) is 17.8 Å². The predicted octanol–water partition coefficient (Wildman–Crippen LogP) is 4.18. The van der Waals surface area contributed by atoms with E-state index in [9.17, 15) is 9.90 Å². The molecule has 192 valence electrons. The lowest BCUT2D eigenvalue weighted by molar-refractivity contribution is -0.201. The van der Waals surface area contributed by atoms with Gasteiger partial charge in [-0.15, -0.1) is 0 Å². The number of nitrogens with zero attached hydrogens (tertiary/aromatic N) is 4. The van der Waals surface area contributed by atoms with Crippen LogP contribution in [-0.2, 0) is 18.9 Å². The van der Waals surface area contributed by atoms with E-state index in [1.54, 1.807) is 21.8 Å². The number of hydrogen-bond donors (Lipinski definition) is 1. The lowest BCUT2D eigenvalue weighted by atomic mass is 10.1. The van der Waals surface area contributed by atoms with E-state index in [0.29, 0.717) is 16.7 Å². The first kappa shape index (κ1) is 24.7. The van der Waals surface area contributed by atoms with E-state index in [0.717, 1.165) is 25.7 Å². The van der Waals surface area contributed by atoms with Crippen molar-refractivity contribution >= 4 is 34.4 Å². The lowest BCUT2D eigenvalue weighted by Gasteiger charge is -2.32. The first-order valence-corrected chi connectivity index (χ1v) is 12.5. The minimum Gasteiger partial charge on any atom is -0.443 e. The Bertz CT molecular complexity index is 1110. The summed E-state index contributed by atoms with van der Waals surface area (Å²) < 4.78 is 25.6. The molecule has 1 N–H and O–H groups in total. The number of ether oxygens (including phenoxy) is 4. The molecule has 4 atom stereocenters. The van der Waals surface area contributed by atoms with E-state index in [2.05, 4.69) is 10.1 Å². The molecule has 5 rings (SSSR count). The Morgan fingerprint density at radius 1 is 1.29 bits per heavy atom. The first-order chi connectivity index (χ1) is 16.5. The number of carbonyl (C=O) groups excluding carboxylic acids is 1. The Labute approximate surface area is 209 Å². The van der Waals surface area contributed by atoms with Crippen LogP contribution in [0.3, 0.4) is 0 Å². The summed E-state index contributed by atoms with van der Waals surface area (Å²) in [6.07, 6.45) is 2.88. The normalized spacial score (nSPS) is 28.5. The van der Waals surface area contributed by atoms with Crippen molar-refractivity contribution in [1.82, 2.24) is 14.8 Å². The van der Waals surface area contributed by atoms with Gasteiger partial charge in [-0.3, -0.25) is 4.90 Å². The molecular formula is C24H33ClN4O6. The Morgan fingerprint density at radius 3 is 2.63 bits per heavy atom. The van der Waals surface area contributed by atoms with Crippen molar-refractivity contribution in [2.75, 3.05) is 11.5 Å². The zero-order chi connectivity index (χ0) is 25.1. The van der Waals surface area contributed by atoms with Gasteiger partial charge in [-0.05, 0) is 47.5 Å². The lowest BCUT2D eigenvalue weighted by Crippen LogP contribution is -2.42. The molecule has 11 heteroatoms. The number of rotatable bonds is 4. The summed E-state index contributed by atoms with van der Waals surface area (Å²) in [5.41, 5.74) is 0.409. The van der Waals surface area contributed by atoms with Crippen molar-refractivity contribution < 1.29 is 28.8 Å². The maximum Gasteiger partial charge on any atom is 0.415 e. The van der Waals surface area contributed by atoms with E-state index in [1.165, 1.54) is 0 Å². The molecule has 0 bridgehead atoms. The third-order valence-corrected chi connectivity index (χ3v) is 6.79. The smallest absolute Gasteiger partial charge is 0.415 e. The molecule has 0 spiro atoms. The number of hydrogen-bond acceptors (Lipinski definition) is 8. The molecule has 0 radical (unpaired) electrons. The first-order valence-electron chi connectivity index (χ1n) is 12.2. The number of amides is 1. The number of aliphatic hydroxyl groups excluding tert-OH is 1. The minimum atomic E-state index is -0.819. The monoisotopic (exact) mass is 508 g/mol. The number of pyridine rings is 1. The Kier molecular flexibility index (Phi) is 6.24. The van der Waals surface area contributed by atoms with Gasteiger partial charge in [0.05, 0.1) is 23.9 Å². The van der Waals surface area contributed by atoms with Crippen LogP contribution in [0.5, 0.6) is 0 Å². The van der Waals surface area contributed by atoms with Crippen molar-refractivity contribution in [3.8, 4) is 0 Å². The molecule has 2 aromatic heterocycles. The predicted molar refractivity (Wildman–Crippen MR) is 128 cm³/mol. The fourth-order valence-electron chi connectivity index (χ4n) is 5.28. The molecule has 2 saturated heterocycles. The summed E-state index contributed by atoms with van der Waals surface area (Å²) >= 11 is 6.49. The topological polar surface area (TPSA) is 108 Å². The van der Waals surface area contributed by atoms with Gasteiger partial charge in [-0.2, -0.15) is 5.10 Å². The molecule has 3 fully saturated rings. The Hall–Kier alpha value is -1.98. The second-order valence-corrected chi connectivity index (χ2v) is 11.3. The molecule has 1 aliphatic carbocycles. The van der Waals surface area contributed by atoms with Gasteiger partial charge >= 0.3 is 6.09 Å². The summed E-state index contributed by atoms with van der Waals surface area (Å²) in [5.74, 6) is -0.819. The van der Waals surface area contributed by atoms with Gasteiger partial charge in [0.15, 0.2) is 17.7 Å². The van der Waals surface area contributed by atoms with Crippen molar-refractivity contribution in [3.05, 3.63) is 17.4 Å². The average Bonchev–Trinajstić information content (AvgIpc) is 3.50. The van der Waals surface area contributed by atoms with E-state index >= 15 is 0 Å². The summed E-state index contributed by atoms with van der Waals surface area (Å²) in [6, 6.07) is 1.68. The number of halogens is 1. The number of anilines is 1. The molecule has 2 aromatic rings. The zero-order valence-corrected chi connectivity index (χ0v) is 21.5. The van der Waals surface area contributed by atoms with Crippen LogP contribution < -0.4 is 4.90 Å². The molecule has 10 nitrogen and oxygen atoms in total. The highest BCUT2D eigenvalue weighted by Gasteiger charge is 2.56.